The van der Waals surface area contributed by atoms with Crippen LogP contribution in [0, 0.1) is 5.41 Å². The summed E-state index contributed by atoms with van der Waals surface area (Å²) in [7, 11) is 0. The second kappa shape index (κ2) is 5.79. The number of amides is 1. The average molecular weight is 283 g/mol. The van der Waals surface area contributed by atoms with Crippen molar-refractivity contribution < 1.29 is 9.53 Å². The molecule has 0 saturated carbocycles. The normalized spacial score (nSPS) is 10.7. The summed E-state index contributed by atoms with van der Waals surface area (Å²) in [4.78, 5) is 20.8. The maximum atomic E-state index is 12.1. The molecule has 102 valence electrons. The molecule has 1 aromatic heterocycles. The topological polar surface area (TPSA) is 79.2 Å². The van der Waals surface area contributed by atoms with Gasteiger partial charge in [-0.1, -0.05) is 6.58 Å². The molecule has 7 heteroatoms. The standard InChI is InChI=1S/C12H15ClN4O2/c1-8(7-14)17(11(18)19-12(2,3)4)9-5-6-15-10(13)16-9/h5-7,14H,1H2,2-4H3. The van der Waals surface area contributed by atoms with Crippen LogP contribution in [-0.4, -0.2) is 27.9 Å². The number of hydrogen-bond donors (Lipinski definition) is 1. The Bertz CT molecular complexity index is 511. The summed E-state index contributed by atoms with van der Waals surface area (Å²) < 4.78 is 5.24. The molecule has 1 amide bonds. The summed E-state index contributed by atoms with van der Waals surface area (Å²) in [6.07, 6.45) is 1.65. The summed E-state index contributed by atoms with van der Waals surface area (Å²) in [6, 6.07) is 1.48. The number of aromatic nitrogens is 2. The average Bonchev–Trinajstić information content (AvgIpc) is 2.26. The van der Waals surface area contributed by atoms with Crippen molar-refractivity contribution in [3.05, 3.63) is 29.8 Å². The SMILES string of the molecule is C=C(C=N)N(C(=O)OC(C)(C)C)c1ccnc(Cl)n1. The van der Waals surface area contributed by atoms with Gasteiger partial charge in [0.05, 0.1) is 5.70 Å². The zero-order valence-electron chi connectivity index (χ0n) is 11.0. The molecule has 1 aromatic rings. The second-order valence-corrected chi connectivity index (χ2v) is 4.97. The van der Waals surface area contributed by atoms with Crippen molar-refractivity contribution in [2.45, 2.75) is 26.4 Å². The van der Waals surface area contributed by atoms with Crippen LogP contribution < -0.4 is 4.90 Å². The minimum atomic E-state index is -0.684. The van der Waals surface area contributed by atoms with E-state index in [0.717, 1.165) is 11.1 Å². The number of ether oxygens (including phenoxy) is 1. The van der Waals surface area contributed by atoms with Gasteiger partial charge in [0, 0.05) is 18.5 Å². The molecule has 6 nitrogen and oxygen atoms in total. The fraction of sp³-hybridized carbons (Fsp3) is 0.333. The van der Waals surface area contributed by atoms with Gasteiger partial charge >= 0.3 is 6.09 Å². The van der Waals surface area contributed by atoms with Crippen LogP contribution in [0.2, 0.25) is 5.28 Å². The Kier molecular flexibility index (Phi) is 4.61. The van der Waals surface area contributed by atoms with Crippen molar-refractivity contribution in [3.63, 3.8) is 0 Å². The van der Waals surface area contributed by atoms with E-state index in [4.69, 9.17) is 21.7 Å². The monoisotopic (exact) mass is 282 g/mol. The molecule has 0 spiro atoms. The van der Waals surface area contributed by atoms with Gasteiger partial charge in [0.2, 0.25) is 5.28 Å². The molecule has 0 aliphatic heterocycles. The Morgan fingerprint density at radius 3 is 2.68 bits per heavy atom. The summed E-state index contributed by atoms with van der Waals surface area (Å²) >= 11 is 5.69. The number of carbonyl (C=O) groups excluding carboxylic acids is 1. The second-order valence-electron chi connectivity index (χ2n) is 4.64. The van der Waals surface area contributed by atoms with Gasteiger partial charge in [-0.3, -0.25) is 0 Å². The first-order valence-electron chi connectivity index (χ1n) is 5.45. The highest BCUT2D eigenvalue weighted by molar-refractivity contribution is 6.28. The molecule has 0 unspecified atom stereocenters. The maximum absolute atomic E-state index is 12.1. The molecule has 1 rings (SSSR count). The molecular formula is C12H15ClN4O2. The number of halogens is 1. The van der Waals surface area contributed by atoms with E-state index in [1.807, 2.05) is 0 Å². The van der Waals surface area contributed by atoms with E-state index in [2.05, 4.69) is 16.5 Å². The summed E-state index contributed by atoms with van der Waals surface area (Å²) in [5.41, 5.74) is -0.557. The number of carbonyl (C=O) groups is 1. The minimum Gasteiger partial charge on any atom is -0.443 e. The van der Waals surface area contributed by atoms with Crippen molar-refractivity contribution in [3.8, 4) is 0 Å². The Morgan fingerprint density at radius 1 is 1.58 bits per heavy atom. The number of hydrogen-bond acceptors (Lipinski definition) is 5. The number of nitrogens with zero attached hydrogens (tertiary/aromatic N) is 3. The number of allylic oxidation sites excluding steroid dienone is 1. The van der Waals surface area contributed by atoms with E-state index in [1.54, 1.807) is 20.8 Å². The molecule has 0 bridgehead atoms. The molecular weight excluding hydrogens is 268 g/mol. The maximum Gasteiger partial charge on any atom is 0.420 e. The Morgan fingerprint density at radius 2 is 2.21 bits per heavy atom. The first-order chi connectivity index (χ1) is 8.74. The van der Waals surface area contributed by atoms with Crippen molar-refractivity contribution >= 4 is 29.7 Å². The lowest BCUT2D eigenvalue weighted by atomic mass is 10.2. The summed E-state index contributed by atoms with van der Waals surface area (Å²) in [6.45, 7) is 8.83. The quantitative estimate of drug-likeness (QED) is 0.682. The van der Waals surface area contributed by atoms with Gasteiger partial charge in [-0.05, 0) is 32.4 Å². The lowest BCUT2D eigenvalue weighted by Crippen LogP contribution is -2.37. The minimum absolute atomic E-state index is 0.0103. The van der Waals surface area contributed by atoms with Crippen LogP contribution >= 0.6 is 11.6 Å². The van der Waals surface area contributed by atoms with E-state index in [0.29, 0.717) is 0 Å². The van der Waals surface area contributed by atoms with Crippen LogP contribution in [0.4, 0.5) is 10.6 Å². The number of rotatable bonds is 3. The van der Waals surface area contributed by atoms with E-state index >= 15 is 0 Å². The number of anilines is 1. The number of nitrogens with one attached hydrogen (secondary N) is 1. The fourth-order valence-corrected chi connectivity index (χ4v) is 1.32. The van der Waals surface area contributed by atoms with E-state index < -0.39 is 11.7 Å². The van der Waals surface area contributed by atoms with E-state index in [-0.39, 0.29) is 16.8 Å². The Hall–Kier alpha value is -1.95. The molecule has 1 heterocycles. The molecule has 0 radical (unpaired) electrons. The first-order valence-corrected chi connectivity index (χ1v) is 5.83. The van der Waals surface area contributed by atoms with Crippen LogP contribution in [0.25, 0.3) is 0 Å². The van der Waals surface area contributed by atoms with Crippen molar-refractivity contribution in [2.24, 2.45) is 0 Å². The third-order valence-corrected chi connectivity index (χ3v) is 2.05. The Labute approximate surface area is 116 Å². The third-order valence-electron chi connectivity index (χ3n) is 1.87. The van der Waals surface area contributed by atoms with Crippen LogP contribution in [0.15, 0.2) is 24.5 Å². The highest BCUT2D eigenvalue weighted by atomic mass is 35.5. The largest absolute Gasteiger partial charge is 0.443 e. The highest BCUT2D eigenvalue weighted by Gasteiger charge is 2.26. The molecule has 0 fully saturated rings. The fourth-order valence-electron chi connectivity index (χ4n) is 1.18. The predicted octanol–water partition coefficient (Wildman–Crippen LogP) is 3.03. The van der Waals surface area contributed by atoms with Gasteiger partial charge in [-0.2, -0.15) is 4.98 Å². The molecule has 0 aromatic carbocycles. The van der Waals surface area contributed by atoms with Crippen LogP contribution in [-0.2, 0) is 4.74 Å². The van der Waals surface area contributed by atoms with Crippen LogP contribution in [0.5, 0.6) is 0 Å². The zero-order chi connectivity index (χ0) is 14.6. The van der Waals surface area contributed by atoms with Gasteiger partial charge < -0.3 is 10.1 Å². The lowest BCUT2D eigenvalue weighted by molar-refractivity contribution is 0.0593. The summed E-state index contributed by atoms with van der Waals surface area (Å²) in [5, 5.41) is 7.21. The van der Waals surface area contributed by atoms with Crippen LogP contribution in [0.3, 0.4) is 0 Å². The molecule has 0 aliphatic carbocycles. The first kappa shape index (κ1) is 15.1. The lowest BCUT2D eigenvalue weighted by Gasteiger charge is -2.26. The van der Waals surface area contributed by atoms with Crippen molar-refractivity contribution in [1.29, 1.82) is 5.41 Å². The third kappa shape index (κ3) is 4.33. The van der Waals surface area contributed by atoms with Gasteiger partial charge in [-0.15, -0.1) is 0 Å². The van der Waals surface area contributed by atoms with Crippen molar-refractivity contribution in [2.75, 3.05) is 4.90 Å². The van der Waals surface area contributed by atoms with Gasteiger partial charge in [0.1, 0.15) is 11.4 Å². The van der Waals surface area contributed by atoms with E-state index in [9.17, 15) is 4.79 Å². The highest BCUT2D eigenvalue weighted by Crippen LogP contribution is 2.20. The Balaban J connectivity index is 3.12. The van der Waals surface area contributed by atoms with Gasteiger partial charge in [-0.25, -0.2) is 14.7 Å². The molecule has 19 heavy (non-hydrogen) atoms. The molecule has 1 N–H and O–H groups in total. The van der Waals surface area contributed by atoms with Gasteiger partial charge in [0.15, 0.2) is 0 Å². The smallest absolute Gasteiger partial charge is 0.420 e. The predicted molar refractivity (Wildman–Crippen MR) is 73.7 cm³/mol. The molecule has 0 saturated heterocycles. The van der Waals surface area contributed by atoms with Crippen LogP contribution in [0.1, 0.15) is 20.8 Å². The van der Waals surface area contributed by atoms with E-state index in [1.165, 1.54) is 12.3 Å². The summed E-state index contributed by atoms with van der Waals surface area (Å²) in [5.74, 6) is 0.197. The zero-order valence-corrected chi connectivity index (χ0v) is 11.7. The molecule has 0 aliphatic rings. The van der Waals surface area contributed by atoms with Gasteiger partial charge in [0.25, 0.3) is 0 Å². The molecule has 0 atom stereocenters. The van der Waals surface area contributed by atoms with Crippen molar-refractivity contribution in [1.82, 2.24) is 9.97 Å².